The van der Waals surface area contributed by atoms with Crippen molar-refractivity contribution < 1.29 is 54.4 Å². The van der Waals surface area contributed by atoms with Crippen LogP contribution in [0.5, 0.6) is 0 Å². The molecule has 3 aliphatic heterocycles. The van der Waals surface area contributed by atoms with Crippen LogP contribution in [0.25, 0.3) is 0 Å². The van der Waals surface area contributed by atoms with Gasteiger partial charge >= 0.3 is 6.09 Å². The number of hydrogen-bond acceptors (Lipinski definition) is 11. The summed E-state index contributed by atoms with van der Waals surface area (Å²) in [6.45, 7) is -0.832. The lowest BCUT2D eigenvalue weighted by molar-refractivity contribution is -0.324. The fraction of sp³-hybridized carbons (Fsp3) is 0.929. The van der Waals surface area contributed by atoms with Gasteiger partial charge in [-0.05, 0) is 0 Å². The van der Waals surface area contributed by atoms with E-state index in [9.17, 15) is 35.4 Å². The molecule has 26 heavy (non-hydrogen) atoms. The standard InChI is InChI=1S/C14H23NO11/c1-23-13-10(21)8(19)11(5(2-16)25-13)26-12-9(20)7(18)6(17)4-3-24-14(22)15(4)12/h4-13,16-21H,2-3H2,1H3/t4-,5-,6-,7+,8-,9-,10-,11-,12-,13+/m1/s1. The predicted molar refractivity (Wildman–Crippen MR) is 78.4 cm³/mol. The molecule has 3 rings (SSSR count). The lowest BCUT2D eigenvalue weighted by Gasteiger charge is -2.48. The number of cyclic esters (lactones) is 1. The average Bonchev–Trinajstić information content (AvgIpc) is 3.02. The fourth-order valence-electron chi connectivity index (χ4n) is 3.49. The number of fused-ring (bicyclic) bond motifs is 1. The van der Waals surface area contributed by atoms with E-state index in [1.54, 1.807) is 0 Å². The maximum absolute atomic E-state index is 12.0. The van der Waals surface area contributed by atoms with E-state index in [0.717, 1.165) is 4.90 Å². The molecule has 0 bridgehead atoms. The van der Waals surface area contributed by atoms with E-state index in [1.807, 2.05) is 0 Å². The molecule has 0 saturated carbocycles. The highest BCUT2D eigenvalue weighted by Crippen LogP contribution is 2.33. The van der Waals surface area contributed by atoms with Crippen molar-refractivity contribution >= 4 is 6.09 Å². The molecule has 12 heteroatoms. The maximum Gasteiger partial charge on any atom is 0.412 e. The van der Waals surface area contributed by atoms with E-state index in [2.05, 4.69) is 0 Å². The largest absolute Gasteiger partial charge is 0.447 e. The molecule has 0 aromatic heterocycles. The number of hydrogen-bond donors (Lipinski definition) is 6. The summed E-state index contributed by atoms with van der Waals surface area (Å²) in [6.07, 6.45) is -14.0. The molecule has 0 radical (unpaired) electrons. The topological polar surface area (TPSA) is 179 Å². The number of ether oxygens (including phenoxy) is 4. The smallest absolute Gasteiger partial charge is 0.412 e. The third-order valence-electron chi connectivity index (χ3n) is 4.96. The summed E-state index contributed by atoms with van der Waals surface area (Å²) in [6, 6.07) is -0.961. The van der Waals surface area contributed by atoms with Crippen molar-refractivity contribution in [2.24, 2.45) is 0 Å². The third kappa shape index (κ3) is 3.06. The van der Waals surface area contributed by atoms with Crippen molar-refractivity contribution in [3.8, 4) is 0 Å². The molecule has 10 atom stereocenters. The van der Waals surface area contributed by atoms with Gasteiger partial charge in [0, 0.05) is 7.11 Å². The second-order valence-electron chi connectivity index (χ2n) is 6.46. The number of rotatable bonds is 4. The molecule has 6 N–H and O–H groups in total. The molecule has 3 saturated heterocycles. The second-order valence-corrected chi connectivity index (χ2v) is 6.46. The zero-order chi connectivity index (χ0) is 19.2. The Labute approximate surface area is 148 Å². The molecule has 0 unspecified atom stereocenters. The first-order chi connectivity index (χ1) is 12.3. The number of piperidine rings is 1. The lowest BCUT2D eigenvalue weighted by Crippen LogP contribution is -2.69. The third-order valence-corrected chi connectivity index (χ3v) is 4.96. The zero-order valence-electron chi connectivity index (χ0n) is 13.9. The molecule has 3 fully saturated rings. The van der Waals surface area contributed by atoms with Gasteiger partial charge in [-0.2, -0.15) is 0 Å². The van der Waals surface area contributed by atoms with Crippen molar-refractivity contribution in [2.45, 2.75) is 61.3 Å². The van der Waals surface area contributed by atoms with Crippen molar-refractivity contribution in [3.05, 3.63) is 0 Å². The molecule has 3 heterocycles. The maximum atomic E-state index is 12.0. The van der Waals surface area contributed by atoms with Crippen LogP contribution in [-0.2, 0) is 18.9 Å². The normalized spacial score (nSPS) is 49.0. The fourth-order valence-corrected chi connectivity index (χ4v) is 3.49. The van der Waals surface area contributed by atoms with Crippen molar-refractivity contribution in [2.75, 3.05) is 20.3 Å². The number of carbonyl (C=O) groups is 1. The number of amides is 1. The molecule has 0 spiro atoms. The number of methoxy groups -OCH3 is 1. The van der Waals surface area contributed by atoms with Gasteiger partial charge in [-0.25, -0.2) is 4.79 Å². The summed E-state index contributed by atoms with van der Waals surface area (Å²) in [5.74, 6) is 0. The minimum atomic E-state index is -1.73. The molecule has 0 aromatic carbocycles. The summed E-state index contributed by atoms with van der Waals surface area (Å²) in [7, 11) is 1.24. The second kappa shape index (κ2) is 7.50. The molecule has 1 amide bonds. The summed E-state index contributed by atoms with van der Waals surface area (Å²) >= 11 is 0. The van der Waals surface area contributed by atoms with Crippen LogP contribution >= 0.6 is 0 Å². The van der Waals surface area contributed by atoms with Crippen molar-refractivity contribution in [1.82, 2.24) is 4.90 Å². The molecular formula is C14H23NO11. The van der Waals surface area contributed by atoms with E-state index in [-0.39, 0.29) is 6.61 Å². The Kier molecular flexibility index (Phi) is 5.67. The van der Waals surface area contributed by atoms with Crippen molar-refractivity contribution in [3.63, 3.8) is 0 Å². The monoisotopic (exact) mass is 381 g/mol. The Morgan fingerprint density at radius 1 is 1.08 bits per heavy atom. The van der Waals surface area contributed by atoms with E-state index >= 15 is 0 Å². The van der Waals surface area contributed by atoms with Gasteiger partial charge in [0.1, 0.15) is 55.4 Å². The number of aliphatic hydroxyl groups is 6. The Bertz CT molecular complexity index is 519. The summed E-state index contributed by atoms with van der Waals surface area (Å²) < 4.78 is 20.6. The van der Waals surface area contributed by atoms with Crippen LogP contribution in [0.4, 0.5) is 4.79 Å². The summed E-state index contributed by atoms with van der Waals surface area (Å²) in [5.41, 5.74) is 0. The molecule has 150 valence electrons. The molecule has 0 aliphatic carbocycles. The van der Waals surface area contributed by atoms with Gasteiger partial charge in [0.15, 0.2) is 12.5 Å². The first-order valence-corrected chi connectivity index (χ1v) is 8.11. The van der Waals surface area contributed by atoms with Crippen LogP contribution in [-0.4, -0.2) is 123 Å². The van der Waals surface area contributed by atoms with Crippen LogP contribution in [0, 0.1) is 0 Å². The molecule has 0 aromatic rings. The van der Waals surface area contributed by atoms with Crippen LogP contribution in [0.3, 0.4) is 0 Å². The van der Waals surface area contributed by atoms with Gasteiger partial charge < -0.3 is 49.6 Å². The van der Waals surface area contributed by atoms with Gasteiger partial charge in [-0.1, -0.05) is 0 Å². The Morgan fingerprint density at radius 2 is 1.77 bits per heavy atom. The summed E-state index contributed by atoms with van der Waals surface area (Å²) in [4.78, 5) is 12.9. The molecule has 12 nitrogen and oxygen atoms in total. The van der Waals surface area contributed by atoms with E-state index < -0.39 is 74.0 Å². The minimum Gasteiger partial charge on any atom is -0.447 e. The van der Waals surface area contributed by atoms with Gasteiger partial charge in [0.05, 0.1) is 6.61 Å². The highest BCUT2D eigenvalue weighted by molar-refractivity contribution is 5.71. The molecule has 3 aliphatic rings. The predicted octanol–water partition coefficient (Wildman–Crippen LogP) is -4.30. The van der Waals surface area contributed by atoms with E-state index in [1.165, 1.54) is 7.11 Å². The quantitative estimate of drug-likeness (QED) is 0.277. The van der Waals surface area contributed by atoms with Gasteiger partial charge in [0.25, 0.3) is 0 Å². The van der Waals surface area contributed by atoms with Crippen molar-refractivity contribution in [1.29, 1.82) is 0 Å². The summed E-state index contributed by atoms with van der Waals surface area (Å²) in [5, 5.41) is 60.1. The van der Waals surface area contributed by atoms with Gasteiger partial charge in [0.2, 0.25) is 0 Å². The lowest BCUT2D eigenvalue weighted by atomic mass is 9.93. The highest BCUT2D eigenvalue weighted by Gasteiger charge is 2.56. The first kappa shape index (κ1) is 19.7. The van der Waals surface area contributed by atoms with Crippen LogP contribution in [0.2, 0.25) is 0 Å². The van der Waals surface area contributed by atoms with Crippen LogP contribution in [0.1, 0.15) is 0 Å². The number of carbonyl (C=O) groups excluding carboxylic acids is 1. The Morgan fingerprint density at radius 3 is 2.38 bits per heavy atom. The molecular weight excluding hydrogens is 358 g/mol. The van der Waals surface area contributed by atoms with E-state index in [0.29, 0.717) is 0 Å². The van der Waals surface area contributed by atoms with Gasteiger partial charge in [-0.15, -0.1) is 0 Å². The van der Waals surface area contributed by atoms with Gasteiger partial charge in [-0.3, -0.25) is 4.90 Å². The highest BCUT2D eigenvalue weighted by atomic mass is 16.7. The number of nitrogens with zero attached hydrogens (tertiary/aromatic N) is 1. The number of aliphatic hydroxyl groups excluding tert-OH is 6. The first-order valence-electron chi connectivity index (χ1n) is 8.11. The SMILES string of the molecule is CO[C@H]1O[C@H](CO)[C@@H](O[C@@H]2[C@H](O)[C@@H](O)[C@H](O)[C@H]3COC(=O)N32)[C@H](O)[C@H]1O. The van der Waals surface area contributed by atoms with E-state index in [4.69, 9.17) is 18.9 Å². The van der Waals surface area contributed by atoms with Crippen LogP contribution in [0.15, 0.2) is 0 Å². The zero-order valence-corrected chi connectivity index (χ0v) is 13.9. The minimum absolute atomic E-state index is 0.217. The van der Waals surface area contributed by atoms with Crippen LogP contribution < -0.4 is 0 Å². The Hall–Kier alpha value is -1.09. The Balaban J connectivity index is 1.84. The average molecular weight is 381 g/mol.